The summed E-state index contributed by atoms with van der Waals surface area (Å²) < 4.78 is 5.73. The van der Waals surface area contributed by atoms with Gasteiger partial charge in [-0.1, -0.05) is 26.0 Å². The van der Waals surface area contributed by atoms with Crippen molar-refractivity contribution in [2.24, 2.45) is 0 Å². The van der Waals surface area contributed by atoms with Crippen LogP contribution in [0.4, 0.5) is 0 Å². The molecule has 0 saturated carbocycles. The fourth-order valence-electron chi connectivity index (χ4n) is 2.18. The monoisotopic (exact) mass is 288 g/mol. The molecule has 0 aliphatic heterocycles. The number of hydrogen-bond acceptors (Lipinski definition) is 3. The average Bonchev–Trinajstić information content (AvgIpc) is 2.53. The minimum Gasteiger partial charge on any atom is -0.494 e. The Balaban J connectivity index is 2.22. The van der Waals surface area contributed by atoms with Crippen LogP contribution in [0.25, 0.3) is 0 Å². The van der Waals surface area contributed by atoms with Crippen molar-refractivity contribution < 1.29 is 4.74 Å². The van der Waals surface area contributed by atoms with E-state index in [2.05, 4.69) is 37.4 Å². The van der Waals surface area contributed by atoms with E-state index in [-0.39, 0.29) is 0 Å². The number of nitrogens with zero attached hydrogens (tertiary/aromatic N) is 1. The number of nitrogens with one attached hydrogen (secondary N) is 1. The normalized spacial score (nSPS) is 13.4. The van der Waals surface area contributed by atoms with E-state index in [1.807, 2.05) is 19.1 Å². The maximum atomic E-state index is 9.25. The SMILES string of the molecule is CCCNC(C)(C#N)CCCCOc1ccc(CC)cc1. The second-order valence-corrected chi connectivity index (χ2v) is 5.67. The predicted molar refractivity (Wildman–Crippen MR) is 87.5 cm³/mol. The summed E-state index contributed by atoms with van der Waals surface area (Å²) in [7, 11) is 0. The van der Waals surface area contributed by atoms with Gasteiger partial charge >= 0.3 is 0 Å². The molecule has 1 unspecified atom stereocenters. The Labute approximate surface area is 129 Å². The quantitative estimate of drug-likeness (QED) is 0.660. The first kappa shape index (κ1) is 17.5. The Morgan fingerprint density at radius 2 is 1.90 bits per heavy atom. The summed E-state index contributed by atoms with van der Waals surface area (Å²) in [5.74, 6) is 0.930. The fraction of sp³-hybridized carbons (Fsp3) is 0.611. The zero-order valence-corrected chi connectivity index (χ0v) is 13.6. The van der Waals surface area contributed by atoms with Crippen LogP contribution in [-0.2, 0) is 6.42 Å². The molecule has 1 atom stereocenters. The third-order valence-corrected chi connectivity index (χ3v) is 3.68. The zero-order chi connectivity index (χ0) is 15.6. The highest BCUT2D eigenvalue weighted by Gasteiger charge is 2.21. The standard InChI is InChI=1S/C18H28N2O/c1-4-13-20-18(3,15-19)12-6-7-14-21-17-10-8-16(5-2)9-11-17/h8-11,20H,4-7,12-14H2,1-3H3. The average molecular weight is 288 g/mol. The molecule has 3 nitrogen and oxygen atoms in total. The Kier molecular flexibility index (Phi) is 7.85. The summed E-state index contributed by atoms with van der Waals surface area (Å²) in [6, 6.07) is 10.7. The molecule has 1 aromatic carbocycles. The Hall–Kier alpha value is -1.53. The van der Waals surface area contributed by atoms with Gasteiger partial charge in [0.25, 0.3) is 0 Å². The maximum absolute atomic E-state index is 9.25. The zero-order valence-electron chi connectivity index (χ0n) is 13.6. The molecule has 0 aromatic heterocycles. The van der Waals surface area contributed by atoms with Gasteiger partial charge in [-0.25, -0.2) is 0 Å². The van der Waals surface area contributed by atoms with Crippen molar-refractivity contribution in [3.63, 3.8) is 0 Å². The van der Waals surface area contributed by atoms with Crippen molar-refractivity contribution >= 4 is 0 Å². The van der Waals surface area contributed by atoms with E-state index in [0.717, 1.165) is 44.4 Å². The molecular weight excluding hydrogens is 260 g/mol. The summed E-state index contributed by atoms with van der Waals surface area (Å²) in [4.78, 5) is 0. The minimum absolute atomic E-state index is 0.404. The van der Waals surface area contributed by atoms with E-state index in [1.54, 1.807) is 0 Å². The van der Waals surface area contributed by atoms with Crippen LogP contribution in [0.1, 0.15) is 52.0 Å². The van der Waals surface area contributed by atoms with Crippen molar-refractivity contribution in [1.29, 1.82) is 5.26 Å². The topological polar surface area (TPSA) is 45.0 Å². The third kappa shape index (κ3) is 6.64. The minimum atomic E-state index is -0.404. The molecule has 0 aliphatic carbocycles. The summed E-state index contributed by atoms with van der Waals surface area (Å²) in [5, 5.41) is 12.6. The lowest BCUT2D eigenvalue weighted by Crippen LogP contribution is -2.41. The molecule has 1 N–H and O–H groups in total. The molecule has 3 heteroatoms. The van der Waals surface area contributed by atoms with E-state index in [4.69, 9.17) is 4.74 Å². The van der Waals surface area contributed by atoms with Crippen LogP contribution < -0.4 is 10.1 Å². The second kappa shape index (κ2) is 9.41. The van der Waals surface area contributed by atoms with Crippen LogP contribution in [0, 0.1) is 11.3 Å². The van der Waals surface area contributed by atoms with Crippen LogP contribution in [0.3, 0.4) is 0 Å². The summed E-state index contributed by atoms with van der Waals surface area (Å²) >= 11 is 0. The number of rotatable bonds is 10. The van der Waals surface area contributed by atoms with Gasteiger partial charge in [-0.2, -0.15) is 5.26 Å². The smallest absolute Gasteiger partial charge is 0.119 e. The number of benzene rings is 1. The molecule has 0 radical (unpaired) electrons. The molecule has 0 spiro atoms. The number of aryl methyl sites for hydroxylation is 1. The first-order valence-corrected chi connectivity index (χ1v) is 8.01. The van der Waals surface area contributed by atoms with Crippen LogP contribution >= 0.6 is 0 Å². The highest BCUT2D eigenvalue weighted by molar-refractivity contribution is 5.27. The van der Waals surface area contributed by atoms with E-state index in [9.17, 15) is 5.26 Å². The van der Waals surface area contributed by atoms with Crippen LogP contribution in [0.5, 0.6) is 5.75 Å². The van der Waals surface area contributed by atoms with Gasteiger partial charge in [-0.3, -0.25) is 5.32 Å². The van der Waals surface area contributed by atoms with Gasteiger partial charge in [-0.15, -0.1) is 0 Å². The lowest BCUT2D eigenvalue weighted by Gasteiger charge is -2.22. The molecule has 1 rings (SSSR count). The molecular formula is C18H28N2O. The van der Waals surface area contributed by atoms with Crippen molar-refractivity contribution in [3.05, 3.63) is 29.8 Å². The van der Waals surface area contributed by atoms with Gasteiger partial charge in [0.2, 0.25) is 0 Å². The van der Waals surface area contributed by atoms with Gasteiger partial charge in [0, 0.05) is 0 Å². The van der Waals surface area contributed by atoms with Gasteiger partial charge in [0.1, 0.15) is 11.3 Å². The van der Waals surface area contributed by atoms with Crippen LogP contribution in [0.2, 0.25) is 0 Å². The molecule has 1 aromatic rings. The number of unbranched alkanes of at least 4 members (excludes halogenated alkanes) is 1. The lowest BCUT2D eigenvalue weighted by atomic mass is 9.96. The Morgan fingerprint density at radius 3 is 2.48 bits per heavy atom. The molecule has 21 heavy (non-hydrogen) atoms. The Bertz CT molecular complexity index is 436. The van der Waals surface area contributed by atoms with Crippen LogP contribution in [0.15, 0.2) is 24.3 Å². The van der Waals surface area contributed by atoms with Gasteiger partial charge in [0.05, 0.1) is 12.7 Å². The lowest BCUT2D eigenvalue weighted by molar-refractivity contribution is 0.295. The van der Waals surface area contributed by atoms with E-state index in [0.29, 0.717) is 6.61 Å². The van der Waals surface area contributed by atoms with Gasteiger partial charge < -0.3 is 4.74 Å². The van der Waals surface area contributed by atoms with Crippen molar-refractivity contribution in [2.75, 3.05) is 13.2 Å². The first-order valence-electron chi connectivity index (χ1n) is 8.01. The summed E-state index contributed by atoms with van der Waals surface area (Å²) in [6.45, 7) is 7.84. The summed E-state index contributed by atoms with van der Waals surface area (Å²) in [6.07, 6.45) is 4.93. The predicted octanol–water partition coefficient (Wildman–Crippen LogP) is 4.08. The van der Waals surface area contributed by atoms with E-state index >= 15 is 0 Å². The number of nitriles is 1. The highest BCUT2D eigenvalue weighted by atomic mass is 16.5. The largest absolute Gasteiger partial charge is 0.494 e. The molecule has 0 amide bonds. The first-order chi connectivity index (χ1) is 10.1. The maximum Gasteiger partial charge on any atom is 0.119 e. The number of ether oxygens (including phenoxy) is 1. The molecule has 0 saturated heterocycles. The molecule has 0 aliphatic rings. The molecule has 116 valence electrons. The van der Waals surface area contributed by atoms with Crippen molar-refractivity contribution in [3.8, 4) is 11.8 Å². The molecule has 0 bridgehead atoms. The van der Waals surface area contributed by atoms with Gasteiger partial charge in [0.15, 0.2) is 0 Å². The van der Waals surface area contributed by atoms with Crippen LogP contribution in [-0.4, -0.2) is 18.7 Å². The Morgan fingerprint density at radius 1 is 1.19 bits per heavy atom. The van der Waals surface area contributed by atoms with Gasteiger partial charge in [-0.05, 0) is 63.3 Å². The van der Waals surface area contributed by atoms with Crippen molar-refractivity contribution in [1.82, 2.24) is 5.32 Å². The van der Waals surface area contributed by atoms with E-state index in [1.165, 1.54) is 5.56 Å². The number of hydrogen-bond donors (Lipinski definition) is 1. The highest BCUT2D eigenvalue weighted by Crippen LogP contribution is 2.15. The third-order valence-electron chi connectivity index (χ3n) is 3.68. The summed E-state index contributed by atoms with van der Waals surface area (Å²) in [5.41, 5.74) is 0.924. The fourth-order valence-corrected chi connectivity index (χ4v) is 2.18. The molecule has 0 heterocycles. The van der Waals surface area contributed by atoms with Crippen molar-refractivity contribution in [2.45, 2.75) is 58.4 Å². The second-order valence-electron chi connectivity index (χ2n) is 5.67. The molecule has 0 fully saturated rings. The van der Waals surface area contributed by atoms with E-state index < -0.39 is 5.54 Å².